The third-order valence-corrected chi connectivity index (χ3v) is 3.37. The Morgan fingerprint density at radius 1 is 1.56 bits per heavy atom. The third-order valence-electron chi connectivity index (χ3n) is 1.41. The standard InChI is InChI=1S/C4H8ClNO2S/c5-9(7,8)4-1-2-6-3-4/h4,6H,1-3H2. The quantitative estimate of drug-likeness (QED) is 0.559. The molecule has 1 unspecified atom stereocenters. The van der Waals surface area contributed by atoms with Gasteiger partial charge in [0.15, 0.2) is 0 Å². The highest BCUT2D eigenvalue weighted by Crippen LogP contribution is 2.13. The summed E-state index contributed by atoms with van der Waals surface area (Å²) in [6, 6.07) is 0. The molecule has 1 N–H and O–H groups in total. The monoisotopic (exact) mass is 169 g/mol. The van der Waals surface area contributed by atoms with Gasteiger partial charge in [-0.25, -0.2) is 8.42 Å². The molecule has 0 amide bonds. The van der Waals surface area contributed by atoms with Crippen molar-refractivity contribution in [3.63, 3.8) is 0 Å². The van der Waals surface area contributed by atoms with Crippen LogP contribution >= 0.6 is 10.7 Å². The topological polar surface area (TPSA) is 46.2 Å². The zero-order valence-electron chi connectivity index (χ0n) is 4.80. The Hall–Kier alpha value is 0.200. The van der Waals surface area contributed by atoms with Gasteiger partial charge in [0.1, 0.15) is 0 Å². The first kappa shape index (κ1) is 7.31. The largest absolute Gasteiger partial charge is 0.315 e. The van der Waals surface area contributed by atoms with E-state index >= 15 is 0 Å². The molecular formula is C4H8ClNO2S. The predicted molar refractivity (Wildman–Crippen MR) is 36.0 cm³/mol. The van der Waals surface area contributed by atoms with E-state index in [1.165, 1.54) is 0 Å². The van der Waals surface area contributed by atoms with Crippen molar-refractivity contribution in [3.05, 3.63) is 0 Å². The summed E-state index contributed by atoms with van der Waals surface area (Å²) in [5, 5.41) is 2.55. The van der Waals surface area contributed by atoms with Crippen LogP contribution in [0.25, 0.3) is 0 Å². The summed E-state index contributed by atoms with van der Waals surface area (Å²) in [5.41, 5.74) is 0. The van der Waals surface area contributed by atoms with Crippen LogP contribution in [-0.4, -0.2) is 26.8 Å². The van der Waals surface area contributed by atoms with E-state index < -0.39 is 9.05 Å². The van der Waals surface area contributed by atoms with Crippen LogP contribution in [0.2, 0.25) is 0 Å². The van der Waals surface area contributed by atoms with Gasteiger partial charge in [0, 0.05) is 17.2 Å². The average Bonchev–Trinajstić information content (AvgIpc) is 2.08. The van der Waals surface area contributed by atoms with Crippen molar-refractivity contribution >= 4 is 19.7 Å². The van der Waals surface area contributed by atoms with Crippen molar-refractivity contribution in [2.45, 2.75) is 11.7 Å². The van der Waals surface area contributed by atoms with Crippen LogP contribution in [0.5, 0.6) is 0 Å². The Labute approximate surface area is 58.8 Å². The SMILES string of the molecule is O=S(=O)(Cl)C1CCNC1. The molecule has 0 radical (unpaired) electrons. The molecule has 1 aliphatic rings. The highest BCUT2D eigenvalue weighted by molar-refractivity contribution is 8.14. The maximum absolute atomic E-state index is 10.6. The minimum absolute atomic E-state index is 0.362. The van der Waals surface area contributed by atoms with E-state index in [1.54, 1.807) is 0 Å². The summed E-state index contributed by atoms with van der Waals surface area (Å²) < 4.78 is 21.1. The van der Waals surface area contributed by atoms with Crippen molar-refractivity contribution in [3.8, 4) is 0 Å². The zero-order valence-corrected chi connectivity index (χ0v) is 6.37. The third kappa shape index (κ3) is 1.81. The molecule has 0 spiro atoms. The van der Waals surface area contributed by atoms with Gasteiger partial charge in [-0.15, -0.1) is 0 Å². The van der Waals surface area contributed by atoms with E-state index in [-0.39, 0.29) is 5.25 Å². The van der Waals surface area contributed by atoms with Crippen LogP contribution < -0.4 is 5.32 Å². The smallest absolute Gasteiger partial charge is 0.236 e. The Bertz CT molecular complexity index is 183. The second-order valence-electron chi connectivity index (χ2n) is 2.09. The molecule has 0 aliphatic carbocycles. The molecule has 3 nitrogen and oxygen atoms in total. The molecule has 1 rings (SSSR count). The molecule has 0 aromatic heterocycles. The second-order valence-corrected chi connectivity index (χ2v) is 5.00. The molecular weight excluding hydrogens is 162 g/mol. The molecule has 1 aliphatic heterocycles. The van der Waals surface area contributed by atoms with Crippen LogP contribution in [-0.2, 0) is 9.05 Å². The molecule has 9 heavy (non-hydrogen) atoms. The molecule has 54 valence electrons. The van der Waals surface area contributed by atoms with Crippen LogP contribution in [0.1, 0.15) is 6.42 Å². The Kier molecular flexibility index (Phi) is 1.98. The van der Waals surface area contributed by atoms with E-state index in [4.69, 9.17) is 10.7 Å². The summed E-state index contributed by atoms with van der Waals surface area (Å²) in [7, 11) is 1.78. The summed E-state index contributed by atoms with van der Waals surface area (Å²) in [6.07, 6.45) is 0.645. The van der Waals surface area contributed by atoms with E-state index in [0.717, 1.165) is 6.54 Å². The molecule has 0 aromatic rings. The predicted octanol–water partition coefficient (Wildman–Crippen LogP) is -0.0831. The fourth-order valence-corrected chi connectivity index (χ4v) is 2.04. The lowest BCUT2D eigenvalue weighted by atomic mass is 10.4. The van der Waals surface area contributed by atoms with E-state index in [0.29, 0.717) is 13.0 Å². The minimum Gasteiger partial charge on any atom is -0.315 e. The number of halogens is 1. The molecule has 1 saturated heterocycles. The lowest BCUT2D eigenvalue weighted by Gasteiger charge is -1.99. The van der Waals surface area contributed by atoms with Gasteiger partial charge < -0.3 is 5.32 Å². The van der Waals surface area contributed by atoms with Crippen LogP contribution in [0.15, 0.2) is 0 Å². The Morgan fingerprint density at radius 2 is 2.22 bits per heavy atom. The van der Waals surface area contributed by atoms with Gasteiger partial charge in [-0.3, -0.25) is 0 Å². The molecule has 0 aromatic carbocycles. The normalized spacial score (nSPS) is 28.8. The molecule has 1 heterocycles. The van der Waals surface area contributed by atoms with Gasteiger partial charge in [-0.2, -0.15) is 0 Å². The molecule has 1 fully saturated rings. The first-order chi connectivity index (χ1) is 4.11. The van der Waals surface area contributed by atoms with Crippen molar-refractivity contribution in [1.82, 2.24) is 5.32 Å². The molecule has 0 saturated carbocycles. The van der Waals surface area contributed by atoms with Crippen molar-refractivity contribution in [2.75, 3.05) is 13.1 Å². The highest BCUT2D eigenvalue weighted by Gasteiger charge is 2.25. The van der Waals surface area contributed by atoms with E-state index in [1.807, 2.05) is 0 Å². The van der Waals surface area contributed by atoms with Crippen molar-refractivity contribution < 1.29 is 8.42 Å². The van der Waals surface area contributed by atoms with Crippen LogP contribution in [0.4, 0.5) is 0 Å². The molecule has 5 heteroatoms. The second kappa shape index (κ2) is 2.44. The lowest BCUT2D eigenvalue weighted by Crippen LogP contribution is -2.19. The Balaban J connectivity index is 2.63. The first-order valence-corrected chi connectivity index (χ1v) is 5.12. The summed E-state index contributed by atoms with van der Waals surface area (Å²) >= 11 is 0. The maximum Gasteiger partial charge on any atom is 0.236 e. The first-order valence-electron chi connectivity index (χ1n) is 2.75. The minimum atomic E-state index is -3.29. The van der Waals surface area contributed by atoms with Gasteiger partial charge in [0.25, 0.3) is 0 Å². The summed E-state index contributed by atoms with van der Waals surface area (Å²) in [4.78, 5) is 0. The average molecular weight is 170 g/mol. The fourth-order valence-electron chi connectivity index (χ4n) is 0.868. The fraction of sp³-hybridized carbons (Fsp3) is 1.00. The van der Waals surface area contributed by atoms with Gasteiger partial charge in [-0.05, 0) is 13.0 Å². The van der Waals surface area contributed by atoms with Gasteiger partial charge in [-0.1, -0.05) is 0 Å². The van der Waals surface area contributed by atoms with Crippen LogP contribution in [0, 0.1) is 0 Å². The molecule has 0 bridgehead atoms. The van der Waals surface area contributed by atoms with Crippen molar-refractivity contribution in [1.29, 1.82) is 0 Å². The number of hydrogen-bond donors (Lipinski definition) is 1. The van der Waals surface area contributed by atoms with E-state index in [2.05, 4.69) is 5.32 Å². The van der Waals surface area contributed by atoms with Crippen LogP contribution in [0.3, 0.4) is 0 Å². The van der Waals surface area contributed by atoms with E-state index in [9.17, 15) is 8.42 Å². The summed E-state index contributed by atoms with van der Waals surface area (Å²) in [6.45, 7) is 1.27. The lowest BCUT2D eigenvalue weighted by molar-refractivity contribution is 0.597. The van der Waals surface area contributed by atoms with Crippen molar-refractivity contribution in [2.24, 2.45) is 0 Å². The van der Waals surface area contributed by atoms with Gasteiger partial charge in [0.2, 0.25) is 9.05 Å². The van der Waals surface area contributed by atoms with Gasteiger partial charge in [0.05, 0.1) is 5.25 Å². The maximum atomic E-state index is 10.6. The molecule has 1 atom stereocenters. The number of hydrogen-bond acceptors (Lipinski definition) is 3. The highest BCUT2D eigenvalue weighted by atomic mass is 35.7. The number of nitrogens with one attached hydrogen (secondary N) is 1. The summed E-state index contributed by atoms with van der Waals surface area (Å²) in [5.74, 6) is 0. The zero-order chi connectivity index (χ0) is 6.91. The van der Waals surface area contributed by atoms with Gasteiger partial charge >= 0.3 is 0 Å². The number of rotatable bonds is 1. The Morgan fingerprint density at radius 3 is 2.44 bits per heavy atom.